The summed E-state index contributed by atoms with van der Waals surface area (Å²) in [6.45, 7) is 0. The minimum absolute atomic E-state index is 1.43. The van der Waals surface area contributed by atoms with Gasteiger partial charge in [0, 0.05) is 0 Å². The highest BCUT2D eigenvalue weighted by molar-refractivity contribution is 4.94. The lowest BCUT2D eigenvalue weighted by Gasteiger charge is -1.93. The zero-order valence-corrected chi connectivity index (χ0v) is 3.05. The molecular weight excluding hydrogens is 80.0 g/mol. The van der Waals surface area contributed by atoms with E-state index in [0.717, 1.165) is 0 Å². The number of rotatable bonds is 0. The van der Waals surface area contributed by atoms with Crippen LogP contribution < -0.4 is 0 Å². The second-order valence-corrected chi connectivity index (χ2v) is 0.793. The topological polar surface area (TPSA) is 18.5 Å². The fourth-order valence-electron chi connectivity index (χ4n) is 0.194. The quantitative estimate of drug-likeness (QED) is 0.403. The Morgan fingerprint density at radius 2 is 2.50 bits per heavy atom. The van der Waals surface area contributed by atoms with E-state index in [4.69, 9.17) is 0 Å². The third-order valence-electron chi connectivity index (χ3n) is 0.395. The van der Waals surface area contributed by atoms with Crippen LogP contribution in [0.15, 0.2) is 18.4 Å². The maximum atomic E-state index is 4.25. The van der Waals surface area contributed by atoms with Crippen LogP contribution in [0.4, 0.5) is 0 Å². The molecule has 1 rings (SSSR count). The van der Waals surface area contributed by atoms with Crippen LogP contribution in [-0.2, 0) is 9.78 Å². The minimum atomic E-state index is 1.43. The van der Waals surface area contributed by atoms with Gasteiger partial charge < -0.3 is 0 Å². The first-order valence-corrected chi connectivity index (χ1v) is 1.56. The minimum Gasteiger partial charge on any atom is -0.298 e. The summed E-state index contributed by atoms with van der Waals surface area (Å²) in [6, 6.07) is 0. The van der Waals surface area contributed by atoms with Crippen LogP contribution in [0.5, 0.6) is 0 Å². The van der Waals surface area contributed by atoms with Gasteiger partial charge >= 0.3 is 0 Å². The fourth-order valence-corrected chi connectivity index (χ4v) is 0.194. The van der Waals surface area contributed by atoms with Crippen LogP contribution in [0.1, 0.15) is 0 Å². The molecule has 0 aromatic rings. The van der Waals surface area contributed by atoms with Gasteiger partial charge in [-0.1, -0.05) is 0 Å². The highest BCUT2D eigenvalue weighted by Crippen LogP contribution is 1.88. The number of hydrogen-bond acceptors (Lipinski definition) is 2. The van der Waals surface area contributed by atoms with Crippen LogP contribution in [-0.4, -0.2) is 0 Å². The van der Waals surface area contributed by atoms with E-state index in [2.05, 4.69) is 16.0 Å². The van der Waals surface area contributed by atoms with Crippen molar-refractivity contribution in [1.82, 2.24) is 0 Å². The molecule has 0 fully saturated rings. The van der Waals surface area contributed by atoms with Gasteiger partial charge in [-0.25, -0.2) is 0 Å². The summed E-state index contributed by atoms with van der Waals surface area (Å²) in [5.74, 6) is 0. The lowest BCUT2D eigenvalue weighted by Crippen LogP contribution is -1.79. The molecule has 2 heteroatoms. The van der Waals surface area contributed by atoms with E-state index < -0.39 is 0 Å². The molecule has 1 heterocycles. The maximum absolute atomic E-state index is 4.25. The first-order chi connectivity index (χ1) is 3.00. The van der Waals surface area contributed by atoms with Gasteiger partial charge in [0.05, 0.1) is 0 Å². The molecule has 1 aliphatic rings. The number of hydrogen-bond donors (Lipinski definition) is 0. The van der Waals surface area contributed by atoms with E-state index in [-0.39, 0.29) is 0 Å². The van der Waals surface area contributed by atoms with Gasteiger partial charge in [-0.05, 0) is 12.2 Å². The molecule has 0 unspecified atom stereocenters. The average Bonchev–Trinajstić information content (AvgIpc) is 1.72. The molecule has 0 saturated carbocycles. The predicted octanol–water partition coefficient (Wildman–Crippen LogP) is 0.779. The normalized spacial score (nSPS) is 16.0. The molecular formula is C4H3O2. The third kappa shape index (κ3) is 0.516. The Morgan fingerprint density at radius 1 is 1.50 bits per heavy atom. The Balaban J connectivity index is 2.46. The van der Waals surface area contributed by atoms with Gasteiger partial charge in [-0.3, -0.25) is 9.78 Å². The summed E-state index contributed by atoms with van der Waals surface area (Å²) in [5, 5.41) is 0. The Labute approximate surface area is 35.6 Å². The van der Waals surface area contributed by atoms with E-state index in [9.17, 15) is 0 Å². The van der Waals surface area contributed by atoms with E-state index >= 15 is 0 Å². The van der Waals surface area contributed by atoms with Gasteiger partial charge in [-0.2, -0.15) is 0 Å². The van der Waals surface area contributed by atoms with Gasteiger partial charge in [0.25, 0.3) is 0 Å². The van der Waals surface area contributed by atoms with Gasteiger partial charge in [0.1, 0.15) is 6.26 Å². The lowest BCUT2D eigenvalue weighted by molar-refractivity contribution is -0.209. The van der Waals surface area contributed by atoms with Crippen molar-refractivity contribution in [2.45, 2.75) is 0 Å². The molecule has 0 N–H and O–H groups in total. The van der Waals surface area contributed by atoms with Crippen LogP contribution >= 0.6 is 0 Å². The summed E-state index contributed by atoms with van der Waals surface area (Å²) in [7, 11) is 0. The van der Waals surface area contributed by atoms with Crippen LogP contribution in [0.2, 0.25) is 0 Å². The van der Waals surface area contributed by atoms with E-state index in [0.29, 0.717) is 0 Å². The first kappa shape index (κ1) is 3.28. The molecule has 0 atom stereocenters. The zero-order chi connectivity index (χ0) is 4.24. The molecule has 2 nitrogen and oxygen atoms in total. The molecule has 0 amide bonds. The standard InChI is InChI=1S/C4H3O2/c1-2-4-6-5-3-1/h1-3H. The number of allylic oxidation sites excluding steroid dienone is 2. The molecule has 1 aliphatic heterocycles. The van der Waals surface area contributed by atoms with Crippen molar-refractivity contribution in [2.24, 2.45) is 0 Å². The lowest BCUT2D eigenvalue weighted by atomic mass is 10.6. The van der Waals surface area contributed by atoms with Crippen molar-refractivity contribution >= 4 is 0 Å². The summed E-state index contributed by atoms with van der Waals surface area (Å²) in [4.78, 5) is 8.42. The SMILES string of the molecule is [C]1=CC=COO1. The Morgan fingerprint density at radius 3 is 2.67 bits per heavy atom. The molecule has 1 radical (unpaired) electrons. The zero-order valence-electron chi connectivity index (χ0n) is 3.05. The summed E-state index contributed by atoms with van der Waals surface area (Å²) in [5.41, 5.74) is 0. The molecule has 0 aliphatic carbocycles. The summed E-state index contributed by atoms with van der Waals surface area (Å²) in [6.07, 6.45) is 7.08. The van der Waals surface area contributed by atoms with Gasteiger partial charge in [0.15, 0.2) is 0 Å². The molecule has 31 valence electrons. The smallest absolute Gasteiger partial charge is 0.225 e. The van der Waals surface area contributed by atoms with Crippen LogP contribution in [0.3, 0.4) is 0 Å². The molecule has 0 bridgehead atoms. The molecule has 0 aromatic heterocycles. The molecule has 6 heavy (non-hydrogen) atoms. The van der Waals surface area contributed by atoms with Crippen molar-refractivity contribution in [3.05, 3.63) is 24.7 Å². The van der Waals surface area contributed by atoms with Crippen molar-refractivity contribution in [3.8, 4) is 0 Å². The predicted molar refractivity (Wildman–Crippen MR) is 19.1 cm³/mol. The Hall–Kier alpha value is -0.920. The molecule has 0 saturated heterocycles. The Bertz CT molecular complexity index is 71.5. The van der Waals surface area contributed by atoms with Crippen molar-refractivity contribution in [3.63, 3.8) is 0 Å². The molecule has 0 aromatic carbocycles. The van der Waals surface area contributed by atoms with Crippen LogP contribution in [0, 0.1) is 6.26 Å². The highest BCUT2D eigenvalue weighted by Gasteiger charge is 1.77. The van der Waals surface area contributed by atoms with Crippen molar-refractivity contribution < 1.29 is 9.78 Å². The van der Waals surface area contributed by atoms with Gasteiger partial charge in [0.2, 0.25) is 6.26 Å². The average molecular weight is 83.1 g/mol. The van der Waals surface area contributed by atoms with Crippen molar-refractivity contribution in [2.75, 3.05) is 0 Å². The second kappa shape index (κ2) is 1.50. The third-order valence-corrected chi connectivity index (χ3v) is 0.395. The monoisotopic (exact) mass is 83.0 g/mol. The maximum Gasteiger partial charge on any atom is 0.225 e. The Kier molecular flexibility index (Phi) is 0.819. The van der Waals surface area contributed by atoms with Gasteiger partial charge in [-0.15, -0.1) is 0 Å². The second-order valence-electron chi connectivity index (χ2n) is 0.793. The van der Waals surface area contributed by atoms with Crippen LogP contribution in [0.25, 0.3) is 0 Å². The fraction of sp³-hybridized carbons (Fsp3) is 0. The highest BCUT2D eigenvalue weighted by atomic mass is 17.2. The van der Waals surface area contributed by atoms with E-state index in [1.165, 1.54) is 6.26 Å². The van der Waals surface area contributed by atoms with E-state index in [1.807, 2.05) is 0 Å². The summed E-state index contributed by atoms with van der Waals surface area (Å²) < 4.78 is 0. The summed E-state index contributed by atoms with van der Waals surface area (Å²) >= 11 is 0. The molecule has 0 spiro atoms. The van der Waals surface area contributed by atoms with E-state index in [1.54, 1.807) is 12.2 Å². The largest absolute Gasteiger partial charge is 0.298 e. The first-order valence-electron chi connectivity index (χ1n) is 1.56. The van der Waals surface area contributed by atoms with Crippen molar-refractivity contribution in [1.29, 1.82) is 0 Å².